The van der Waals surface area contributed by atoms with Gasteiger partial charge in [0, 0.05) is 35.3 Å². The van der Waals surface area contributed by atoms with Gasteiger partial charge in [-0.1, -0.05) is 6.07 Å². The highest BCUT2D eigenvalue weighted by Crippen LogP contribution is 2.39. The lowest BCUT2D eigenvalue weighted by molar-refractivity contribution is -0.116. The summed E-state index contributed by atoms with van der Waals surface area (Å²) < 4.78 is 30.5. The SMILES string of the molecule is COc1cc(NC(=O)Cn2c(Nc3cccc(F)c3)nc(C)cc2=O)cc(OC)c1OC. The molecule has 0 radical (unpaired) electrons. The number of nitrogens with one attached hydrogen (secondary N) is 2. The van der Waals surface area contributed by atoms with E-state index in [4.69, 9.17) is 14.2 Å². The topological polar surface area (TPSA) is 104 Å². The maximum atomic E-state index is 13.5. The zero-order valence-corrected chi connectivity index (χ0v) is 18.1. The summed E-state index contributed by atoms with van der Waals surface area (Å²) in [5, 5.41) is 5.59. The van der Waals surface area contributed by atoms with Gasteiger partial charge in [-0.05, 0) is 25.1 Å². The predicted octanol–water partition coefficient (Wildman–Crippen LogP) is 3.10. The lowest BCUT2D eigenvalue weighted by Gasteiger charge is -2.16. The van der Waals surface area contributed by atoms with Crippen LogP contribution >= 0.6 is 0 Å². The van der Waals surface area contributed by atoms with Crippen LogP contribution in [0.3, 0.4) is 0 Å². The number of carbonyl (C=O) groups excluding carboxylic acids is 1. The highest BCUT2D eigenvalue weighted by atomic mass is 19.1. The van der Waals surface area contributed by atoms with Crippen LogP contribution in [0.25, 0.3) is 0 Å². The first kappa shape index (κ1) is 22.6. The minimum atomic E-state index is -0.491. The first-order valence-corrected chi connectivity index (χ1v) is 9.55. The van der Waals surface area contributed by atoms with E-state index in [9.17, 15) is 14.0 Å². The molecule has 168 valence electrons. The van der Waals surface area contributed by atoms with Gasteiger partial charge in [-0.15, -0.1) is 0 Å². The van der Waals surface area contributed by atoms with Crippen molar-refractivity contribution in [2.75, 3.05) is 32.0 Å². The average Bonchev–Trinajstić information content (AvgIpc) is 2.75. The molecule has 0 aliphatic heterocycles. The molecular formula is C22H23FN4O5. The third-order valence-electron chi connectivity index (χ3n) is 4.47. The van der Waals surface area contributed by atoms with E-state index in [-0.39, 0.29) is 12.5 Å². The standard InChI is InChI=1S/C22H23FN4O5/c1-13-8-20(29)27(22(24-13)26-15-7-5-6-14(23)9-15)12-19(28)25-16-10-17(30-2)21(32-4)18(11-16)31-3/h5-11H,12H2,1-4H3,(H,24,26)(H,25,28). The van der Waals surface area contributed by atoms with Crippen molar-refractivity contribution in [1.29, 1.82) is 0 Å². The van der Waals surface area contributed by atoms with Gasteiger partial charge in [0.25, 0.3) is 5.56 Å². The molecule has 1 aromatic heterocycles. The number of methoxy groups -OCH3 is 3. The monoisotopic (exact) mass is 442 g/mol. The van der Waals surface area contributed by atoms with Crippen LogP contribution in [0.15, 0.2) is 47.3 Å². The fourth-order valence-electron chi connectivity index (χ4n) is 3.06. The Morgan fingerprint density at radius 1 is 1.03 bits per heavy atom. The van der Waals surface area contributed by atoms with Gasteiger partial charge < -0.3 is 24.8 Å². The van der Waals surface area contributed by atoms with E-state index < -0.39 is 17.3 Å². The Hall–Kier alpha value is -4.08. The summed E-state index contributed by atoms with van der Waals surface area (Å²) >= 11 is 0. The lowest BCUT2D eigenvalue weighted by atomic mass is 10.2. The Bertz CT molecular complexity index is 1170. The Balaban J connectivity index is 1.87. The molecule has 0 aliphatic carbocycles. The second kappa shape index (κ2) is 9.82. The molecule has 32 heavy (non-hydrogen) atoms. The lowest BCUT2D eigenvalue weighted by Crippen LogP contribution is -2.30. The molecule has 3 rings (SSSR count). The zero-order chi connectivity index (χ0) is 23.3. The molecule has 0 atom stereocenters. The van der Waals surface area contributed by atoms with Crippen LogP contribution in [0.4, 0.5) is 21.7 Å². The van der Waals surface area contributed by atoms with E-state index in [1.54, 1.807) is 25.1 Å². The van der Waals surface area contributed by atoms with Crippen molar-refractivity contribution in [1.82, 2.24) is 9.55 Å². The van der Waals surface area contributed by atoms with Crippen LogP contribution in [0, 0.1) is 12.7 Å². The maximum Gasteiger partial charge on any atom is 0.255 e. The summed E-state index contributed by atoms with van der Waals surface area (Å²) in [7, 11) is 4.40. The van der Waals surface area contributed by atoms with Crippen LogP contribution in [-0.2, 0) is 11.3 Å². The zero-order valence-electron chi connectivity index (χ0n) is 18.1. The van der Waals surface area contributed by atoms with Crippen LogP contribution in [0.2, 0.25) is 0 Å². The smallest absolute Gasteiger partial charge is 0.255 e. The Kier molecular flexibility index (Phi) is 6.93. The molecule has 10 heteroatoms. The number of anilines is 3. The van der Waals surface area contributed by atoms with Crippen molar-refractivity contribution in [3.8, 4) is 17.2 Å². The molecule has 2 N–H and O–H groups in total. The number of benzene rings is 2. The highest BCUT2D eigenvalue weighted by Gasteiger charge is 2.16. The number of rotatable bonds is 8. The van der Waals surface area contributed by atoms with Crippen molar-refractivity contribution in [3.63, 3.8) is 0 Å². The van der Waals surface area contributed by atoms with Gasteiger partial charge >= 0.3 is 0 Å². The van der Waals surface area contributed by atoms with Crippen molar-refractivity contribution in [3.05, 3.63) is 64.3 Å². The quantitative estimate of drug-likeness (QED) is 0.552. The van der Waals surface area contributed by atoms with Crippen molar-refractivity contribution >= 4 is 23.2 Å². The first-order chi connectivity index (χ1) is 15.3. The number of nitrogens with zero attached hydrogens (tertiary/aromatic N) is 2. The largest absolute Gasteiger partial charge is 0.493 e. The van der Waals surface area contributed by atoms with Crippen molar-refractivity contribution < 1.29 is 23.4 Å². The molecule has 0 spiro atoms. The summed E-state index contributed by atoms with van der Waals surface area (Å²) in [6.07, 6.45) is 0. The van der Waals surface area contributed by atoms with Gasteiger partial charge in [0.1, 0.15) is 12.4 Å². The van der Waals surface area contributed by atoms with Gasteiger partial charge in [0.2, 0.25) is 17.6 Å². The summed E-state index contributed by atoms with van der Waals surface area (Å²) in [6, 6.07) is 10.2. The Morgan fingerprint density at radius 2 is 1.72 bits per heavy atom. The fraction of sp³-hybridized carbons (Fsp3) is 0.227. The first-order valence-electron chi connectivity index (χ1n) is 9.55. The second-order valence-electron chi connectivity index (χ2n) is 6.74. The van der Waals surface area contributed by atoms with E-state index in [0.717, 1.165) is 4.57 Å². The molecule has 3 aromatic rings. The van der Waals surface area contributed by atoms with Gasteiger partial charge in [0.05, 0.1) is 21.3 Å². The second-order valence-corrected chi connectivity index (χ2v) is 6.74. The normalized spacial score (nSPS) is 10.4. The molecule has 0 fully saturated rings. The van der Waals surface area contributed by atoms with Crippen molar-refractivity contribution in [2.45, 2.75) is 13.5 Å². The number of halogens is 1. The molecular weight excluding hydrogens is 419 g/mol. The molecule has 1 amide bonds. The van der Waals surface area contributed by atoms with Crippen molar-refractivity contribution in [2.24, 2.45) is 0 Å². The summed E-state index contributed by atoms with van der Waals surface area (Å²) in [5.41, 5.74) is 0.796. The molecule has 0 aliphatic rings. The van der Waals surface area contributed by atoms with Gasteiger partial charge in [0.15, 0.2) is 11.5 Å². The molecule has 9 nitrogen and oxygen atoms in total. The van der Waals surface area contributed by atoms with Crippen LogP contribution in [-0.4, -0.2) is 36.8 Å². The third kappa shape index (κ3) is 5.15. The van der Waals surface area contributed by atoms with Gasteiger partial charge in [-0.3, -0.25) is 14.2 Å². The minimum Gasteiger partial charge on any atom is -0.493 e. The predicted molar refractivity (Wildman–Crippen MR) is 118 cm³/mol. The third-order valence-corrected chi connectivity index (χ3v) is 4.47. The maximum absolute atomic E-state index is 13.5. The fourth-order valence-corrected chi connectivity index (χ4v) is 3.06. The summed E-state index contributed by atoms with van der Waals surface area (Å²) in [5.74, 6) is 0.287. The average molecular weight is 442 g/mol. The number of aromatic nitrogens is 2. The van der Waals surface area contributed by atoms with Crippen LogP contribution in [0.5, 0.6) is 17.2 Å². The summed E-state index contributed by atoms with van der Waals surface area (Å²) in [4.78, 5) is 29.6. The molecule has 0 unspecified atom stereocenters. The number of ether oxygens (including phenoxy) is 3. The summed E-state index contributed by atoms with van der Waals surface area (Å²) in [6.45, 7) is 1.32. The number of hydrogen-bond acceptors (Lipinski definition) is 7. The van der Waals surface area contributed by atoms with Crippen LogP contribution in [0.1, 0.15) is 5.69 Å². The van der Waals surface area contributed by atoms with Gasteiger partial charge in [-0.25, -0.2) is 9.37 Å². The van der Waals surface area contributed by atoms with E-state index in [2.05, 4.69) is 15.6 Å². The Morgan fingerprint density at radius 3 is 2.31 bits per heavy atom. The number of hydrogen-bond donors (Lipinski definition) is 2. The number of amides is 1. The van der Waals surface area contributed by atoms with E-state index in [0.29, 0.717) is 34.3 Å². The highest BCUT2D eigenvalue weighted by molar-refractivity contribution is 5.91. The molecule has 1 heterocycles. The molecule has 2 aromatic carbocycles. The van der Waals surface area contributed by atoms with E-state index >= 15 is 0 Å². The molecule has 0 saturated carbocycles. The van der Waals surface area contributed by atoms with E-state index in [1.807, 2.05) is 0 Å². The van der Waals surface area contributed by atoms with Gasteiger partial charge in [-0.2, -0.15) is 0 Å². The molecule has 0 saturated heterocycles. The molecule has 0 bridgehead atoms. The number of aryl methyl sites for hydroxylation is 1. The van der Waals surface area contributed by atoms with E-state index in [1.165, 1.54) is 45.6 Å². The van der Waals surface area contributed by atoms with Crippen LogP contribution < -0.4 is 30.4 Å². The minimum absolute atomic E-state index is 0.112. The Labute approximate surface area is 183 Å². The number of carbonyl (C=O) groups is 1.